The molecule has 0 saturated carbocycles. The smallest absolute Gasteiger partial charge is 0.224 e. The number of β-amino-alcohol motifs (C(OH)–C–C–N with tert-alkyl or cyclic N) is 1. The molecule has 3 N–H and O–H groups in total. The number of ether oxygens (including phenoxy) is 1. The molecule has 166 valence electrons. The molecular formula is C21H20BrF3N2O4. The van der Waals surface area contributed by atoms with Crippen molar-refractivity contribution in [2.75, 3.05) is 29.9 Å². The maximum atomic E-state index is 14.3. The van der Waals surface area contributed by atoms with Gasteiger partial charge < -0.3 is 25.2 Å². The number of fused-ring (bicyclic) bond motifs is 1. The van der Waals surface area contributed by atoms with Crippen LogP contribution in [0.1, 0.15) is 18.4 Å². The van der Waals surface area contributed by atoms with E-state index in [9.17, 15) is 28.2 Å². The highest BCUT2D eigenvalue weighted by molar-refractivity contribution is 9.10. The van der Waals surface area contributed by atoms with E-state index in [1.165, 1.54) is 11.0 Å². The zero-order valence-electron chi connectivity index (χ0n) is 16.3. The SMILES string of the molecule is O=C1CCc2c(OCC3(O)CCN(c4c(F)cc(Br)cc4F)CC3O)ccc(F)c2N1. The molecule has 4 rings (SSSR count). The number of rotatable bonds is 4. The summed E-state index contributed by atoms with van der Waals surface area (Å²) in [7, 11) is 0. The molecule has 2 atom stereocenters. The summed E-state index contributed by atoms with van der Waals surface area (Å²) in [5.41, 5.74) is -1.40. The number of nitrogens with one attached hydrogen (secondary N) is 1. The topological polar surface area (TPSA) is 82.0 Å². The molecule has 2 unspecified atom stereocenters. The lowest BCUT2D eigenvalue weighted by molar-refractivity contribution is -0.116. The van der Waals surface area contributed by atoms with E-state index in [2.05, 4.69) is 21.2 Å². The van der Waals surface area contributed by atoms with Gasteiger partial charge in [-0.05, 0) is 37.1 Å². The van der Waals surface area contributed by atoms with E-state index < -0.39 is 29.2 Å². The Bertz CT molecular complexity index is 1010. The molecule has 0 aromatic heterocycles. The molecule has 2 aliphatic rings. The molecule has 6 nitrogen and oxygen atoms in total. The van der Waals surface area contributed by atoms with Crippen molar-refractivity contribution in [2.24, 2.45) is 0 Å². The Hall–Kier alpha value is -2.30. The number of amides is 1. The highest BCUT2D eigenvalue weighted by Gasteiger charge is 2.43. The van der Waals surface area contributed by atoms with Crippen LogP contribution < -0.4 is 15.0 Å². The van der Waals surface area contributed by atoms with Crippen LogP contribution in [0.25, 0.3) is 0 Å². The Morgan fingerprint density at radius 1 is 1.19 bits per heavy atom. The van der Waals surface area contributed by atoms with Crippen molar-refractivity contribution in [2.45, 2.75) is 31.0 Å². The number of hydrogen-bond acceptors (Lipinski definition) is 5. The van der Waals surface area contributed by atoms with Gasteiger partial charge >= 0.3 is 0 Å². The second kappa shape index (κ2) is 8.33. The fourth-order valence-electron chi connectivity index (χ4n) is 3.94. The predicted molar refractivity (Wildman–Crippen MR) is 111 cm³/mol. The third kappa shape index (κ3) is 4.24. The number of carbonyl (C=O) groups is 1. The first-order chi connectivity index (χ1) is 14.7. The zero-order chi connectivity index (χ0) is 22.3. The van der Waals surface area contributed by atoms with E-state index in [4.69, 9.17) is 4.74 Å². The maximum Gasteiger partial charge on any atom is 0.224 e. The molecule has 2 heterocycles. The molecule has 0 aliphatic carbocycles. The first-order valence-electron chi connectivity index (χ1n) is 9.72. The van der Waals surface area contributed by atoms with Gasteiger partial charge in [0, 0.05) is 29.5 Å². The minimum atomic E-state index is -1.67. The Kier molecular flexibility index (Phi) is 5.89. The Morgan fingerprint density at radius 2 is 1.90 bits per heavy atom. The van der Waals surface area contributed by atoms with E-state index in [-0.39, 0.29) is 60.7 Å². The third-order valence-corrected chi connectivity index (χ3v) is 6.15. The minimum absolute atomic E-state index is 0.0107. The summed E-state index contributed by atoms with van der Waals surface area (Å²) in [6, 6.07) is 4.82. The third-order valence-electron chi connectivity index (χ3n) is 5.69. The van der Waals surface area contributed by atoms with Gasteiger partial charge in [-0.3, -0.25) is 4.79 Å². The molecule has 2 aromatic rings. The van der Waals surface area contributed by atoms with E-state index in [0.717, 1.165) is 18.2 Å². The van der Waals surface area contributed by atoms with Crippen LogP contribution in [0.3, 0.4) is 0 Å². The Labute approximate surface area is 184 Å². The molecule has 10 heteroatoms. The van der Waals surface area contributed by atoms with E-state index >= 15 is 0 Å². The number of halogens is 4. The lowest BCUT2D eigenvalue weighted by atomic mass is 9.89. The van der Waals surface area contributed by atoms with Gasteiger partial charge in [0.2, 0.25) is 5.91 Å². The number of carbonyl (C=O) groups excluding carboxylic acids is 1. The van der Waals surface area contributed by atoms with Gasteiger partial charge in [-0.1, -0.05) is 15.9 Å². The zero-order valence-corrected chi connectivity index (χ0v) is 17.9. The number of anilines is 2. The molecule has 1 amide bonds. The summed E-state index contributed by atoms with van der Waals surface area (Å²) < 4.78 is 48.5. The Balaban J connectivity index is 1.48. The molecule has 1 saturated heterocycles. The van der Waals surface area contributed by atoms with Crippen LogP contribution in [-0.4, -0.2) is 47.5 Å². The second-order valence-electron chi connectivity index (χ2n) is 7.77. The van der Waals surface area contributed by atoms with Crippen LogP contribution in [0.2, 0.25) is 0 Å². The van der Waals surface area contributed by atoms with Crippen LogP contribution in [-0.2, 0) is 11.2 Å². The highest BCUT2D eigenvalue weighted by atomic mass is 79.9. The van der Waals surface area contributed by atoms with Crippen LogP contribution in [0.4, 0.5) is 24.5 Å². The lowest BCUT2D eigenvalue weighted by Gasteiger charge is -2.42. The molecule has 0 radical (unpaired) electrons. The van der Waals surface area contributed by atoms with Crippen molar-refractivity contribution in [3.63, 3.8) is 0 Å². The van der Waals surface area contributed by atoms with Crippen molar-refractivity contribution in [3.8, 4) is 5.75 Å². The van der Waals surface area contributed by atoms with Crippen molar-refractivity contribution in [3.05, 3.63) is 51.8 Å². The number of piperidine rings is 1. The fraction of sp³-hybridized carbons (Fsp3) is 0.381. The number of benzene rings is 2. The first kappa shape index (κ1) is 21.9. The second-order valence-corrected chi connectivity index (χ2v) is 8.69. The van der Waals surface area contributed by atoms with Crippen LogP contribution >= 0.6 is 15.9 Å². The van der Waals surface area contributed by atoms with Gasteiger partial charge in [0.25, 0.3) is 0 Å². The van der Waals surface area contributed by atoms with Crippen molar-refractivity contribution >= 4 is 33.2 Å². The van der Waals surface area contributed by atoms with Crippen molar-refractivity contribution in [1.82, 2.24) is 0 Å². The first-order valence-corrected chi connectivity index (χ1v) is 10.5. The quantitative estimate of drug-likeness (QED) is 0.600. The highest BCUT2D eigenvalue weighted by Crippen LogP contribution is 2.36. The largest absolute Gasteiger partial charge is 0.490 e. The number of aliphatic hydroxyl groups excluding tert-OH is 1. The molecule has 31 heavy (non-hydrogen) atoms. The fourth-order valence-corrected chi connectivity index (χ4v) is 4.34. The summed E-state index contributed by atoms with van der Waals surface area (Å²) in [6.07, 6.45) is -0.896. The molecular weight excluding hydrogens is 481 g/mol. The van der Waals surface area contributed by atoms with Crippen LogP contribution in [0.15, 0.2) is 28.7 Å². The van der Waals surface area contributed by atoms with Gasteiger partial charge in [0.15, 0.2) is 11.6 Å². The maximum absolute atomic E-state index is 14.3. The summed E-state index contributed by atoms with van der Waals surface area (Å²) in [5.74, 6) is -2.13. The number of hydrogen-bond donors (Lipinski definition) is 3. The van der Waals surface area contributed by atoms with Crippen molar-refractivity contribution in [1.29, 1.82) is 0 Å². The predicted octanol–water partition coefficient (Wildman–Crippen LogP) is 3.13. The standard InChI is InChI=1S/C21H20BrF3N2O4/c22-11-7-14(24)20(15(25)8-11)27-6-5-21(30,17(28)9-27)10-31-16-3-2-13(23)19-12(16)1-4-18(29)26-19/h2-3,7-8,17,28,30H,1,4-6,9-10H2,(H,26,29). The van der Waals surface area contributed by atoms with E-state index in [1.54, 1.807) is 0 Å². The summed E-state index contributed by atoms with van der Waals surface area (Å²) in [5, 5.41) is 23.9. The average molecular weight is 501 g/mol. The summed E-state index contributed by atoms with van der Waals surface area (Å²) in [4.78, 5) is 12.9. The molecule has 0 spiro atoms. The van der Waals surface area contributed by atoms with Gasteiger partial charge in [0.05, 0.1) is 5.69 Å². The molecule has 1 fully saturated rings. The molecule has 0 bridgehead atoms. The van der Waals surface area contributed by atoms with E-state index in [1.807, 2.05) is 0 Å². The number of aliphatic hydroxyl groups is 2. The monoisotopic (exact) mass is 500 g/mol. The van der Waals surface area contributed by atoms with Gasteiger partial charge in [-0.15, -0.1) is 0 Å². The average Bonchev–Trinajstić information content (AvgIpc) is 2.70. The lowest BCUT2D eigenvalue weighted by Crippen LogP contribution is -2.58. The number of nitrogens with zero attached hydrogens (tertiary/aromatic N) is 1. The Morgan fingerprint density at radius 3 is 2.58 bits per heavy atom. The molecule has 2 aromatic carbocycles. The summed E-state index contributed by atoms with van der Waals surface area (Å²) in [6.45, 7) is -0.420. The van der Waals surface area contributed by atoms with E-state index in [0.29, 0.717) is 11.3 Å². The molecule has 2 aliphatic heterocycles. The van der Waals surface area contributed by atoms with Crippen molar-refractivity contribution < 1.29 is 32.9 Å². The minimum Gasteiger partial charge on any atom is -0.490 e. The van der Waals surface area contributed by atoms with Crippen LogP contribution in [0, 0.1) is 17.5 Å². The normalized spacial score (nSPS) is 23.4. The van der Waals surface area contributed by atoms with Gasteiger partial charge in [-0.2, -0.15) is 0 Å². The van der Waals surface area contributed by atoms with Gasteiger partial charge in [0.1, 0.15) is 35.6 Å². The van der Waals surface area contributed by atoms with Crippen LogP contribution in [0.5, 0.6) is 5.75 Å². The summed E-state index contributed by atoms with van der Waals surface area (Å²) >= 11 is 3.03. The van der Waals surface area contributed by atoms with Gasteiger partial charge in [-0.25, -0.2) is 13.2 Å².